The number of hydrogen-bond acceptors (Lipinski definition) is 5. The minimum atomic E-state index is -0.337. The van der Waals surface area contributed by atoms with Gasteiger partial charge >= 0.3 is 0 Å². The first-order valence-electron chi connectivity index (χ1n) is 10.4. The zero-order valence-corrected chi connectivity index (χ0v) is 17.7. The first-order chi connectivity index (χ1) is 15.0. The number of carbonyl (C=O) groups excluding carboxylic acids is 2. The van der Waals surface area contributed by atoms with Crippen molar-refractivity contribution < 1.29 is 9.59 Å². The fraction of sp³-hybridized carbons (Fsp3) is 0.304. The summed E-state index contributed by atoms with van der Waals surface area (Å²) in [4.78, 5) is 35.5. The third-order valence-corrected chi connectivity index (χ3v) is 5.66. The van der Waals surface area contributed by atoms with Crippen molar-refractivity contribution in [2.24, 2.45) is 5.92 Å². The van der Waals surface area contributed by atoms with Crippen LogP contribution in [0.1, 0.15) is 34.6 Å². The normalized spacial score (nSPS) is 14.3. The van der Waals surface area contributed by atoms with Crippen LogP contribution in [-0.4, -0.2) is 39.4 Å². The molecule has 0 bridgehead atoms. The Morgan fingerprint density at radius 2 is 1.52 bits per heavy atom. The molecule has 2 N–H and O–H groups in total. The molecule has 3 aromatic rings. The Bertz CT molecular complexity index is 1030. The fourth-order valence-corrected chi connectivity index (χ4v) is 3.93. The second-order valence-corrected chi connectivity index (χ2v) is 7.75. The van der Waals surface area contributed by atoms with Crippen molar-refractivity contribution in [1.29, 1.82) is 0 Å². The molecule has 0 aliphatic carbocycles. The van der Waals surface area contributed by atoms with Gasteiger partial charge in [0.2, 0.25) is 11.9 Å². The number of hydrogen-bond donors (Lipinski definition) is 2. The lowest BCUT2D eigenvalue weighted by Gasteiger charge is -2.31. The van der Waals surface area contributed by atoms with Gasteiger partial charge in [0.15, 0.2) is 0 Å². The van der Waals surface area contributed by atoms with Crippen LogP contribution in [0.5, 0.6) is 0 Å². The smallest absolute Gasteiger partial charge is 0.269 e. The van der Waals surface area contributed by atoms with Gasteiger partial charge in [-0.3, -0.25) is 20.4 Å². The minimum Gasteiger partial charge on any atom is -0.341 e. The number of nitrogens with zero attached hydrogens (tertiary/aromatic N) is 4. The highest BCUT2D eigenvalue weighted by molar-refractivity contribution is 5.95. The summed E-state index contributed by atoms with van der Waals surface area (Å²) in [5, 5.41) is 0. The summed E-state index contributed by atoms with van der Waals surface area (Å²) >= 11 is 0. The average molecular weight is 419 g/mol. The molecule has 4 rings (SSSR count). The molecule has 1 aromatic carbocycles. The Hall–Kier alpha value is -3.68. The van der Waals surface area contributed by atoms with E-state index in [0.29, 0.717) is 37.4 Å². The molecule has 31 heavy (non-hydrogen) atoms. The van der Waals surface area contributed by atoms with E-state index >= 15 is 0 Å². The molecule has 1 aliphatic rings. The number of amides is 2. The molecule has 0 radical (unpaired) electrons. The monoisotopic (exact) mass is 418 g/mol. The fourth-order valence-electron chi connectivity index (χ4n) is 3.93. The molecule has 2 aromatic heterocycles. The van der Waals surface area contributed by atoms with E-state index < -0.39 is 0 Å². The van der Waals surface area contributed by atoms with Crippen LogP contribution < -0.4 is 15.8 Å². The van der Waals surface area contributed by atoms with Crippen LogP contribution in [0, 0.1) is 19.8 Å². The molecule has 0 atom stereocenters. The zero-order chi connectivity index (χ0) is 21.8. The molecule has 160 valence electrons. The van der Waals surface area contributed by atoms with Crippen LogP contribution in [0.2, 0.25) is 0 Å². The van der Waals surface area contributed by atoms with Crippen LogP contribution >= 0.6 is 0 Å². The molecular weight excluding hydrogens is 392 g/mol. The quantitative estimate of drug-likeness (QED) is 0.636. The van der Waals surface area contributed by atoms with Crippen molar-refractivity contribution in [2.45, 2.75) is 26.7 Å². The average Bonchev–Trinajstić information content (AvgIpc) is 3.16. The maximum absolute atomic E-state index is 12.5. The van der Waals surface area contributed by atoms with Crippen LogP contribution in [0.4, 0.5) is 5.95 Å². The molecule has 8 nitrogen and oxygen atoms in total. The number of nitrogens with one attached hydrogen (secondary N) is 2. The van der Waals surface area contributed by atoms with Crippen molar-refractivity contribution in [3.8, 4) is 5.69 Å². The highest BCUT2D eigenvalue weighted by atomic mass is 16.2. The van der Waals surface area contributed by atoms with Gasteiger partial charge in [-0.2, -0.15) is 0 Å². The van der Waals surface area contributed by atoms with Crippen LogP contribution in [0.15, 0.2) is 54.9 Å². The topological polar surface area (TPSA) is 92.2 Å². The van der Waals surface area contributed by atoms with Gasteiger partial charge in [0.05, 0.1) is 0 Å². The Labute approximate surface area is 181 Å². The number of carbonyl (C=O) groups is 2. The van der Waals surface area contributed by atoms with E-state index in [9.17, 15) is 9.59 Å². The maximum atomic E-state index is 12.5. The number of benzene rings is 1. The first-order valence-corrected chi connectivity index (χ1v) is 10.4. The highest BCUT2D eigenvalue weighted by Crippen LogP contribution is 2.20. The molecule has 3 heterocycles. The summed E-state index contributed by atoms with van der Waals surface area (Å²) in [6.07, 6.45) is 4.79. The van der Waals surface area contributed by atoms with Crippen LogP contribution in [0.3, 0.4) is 0 Å². The lowest BCUT2D eigenvalue weighted by Crippen LogP contribution is -2.47. The summed E-state index contributed by atoms with van der Waals surface area (Å²) in [5.74, 6) is 0.0268. The van der Waals surface area contributed by atoms with Crippen molar-refractivity contribution in [2.75, 3.05) is 18.0 Å². The predicted octanol–water partition coefficient (Wildman–Crippen LogP) is 2.56. The second-order valence-electron chi connectivity index (χ2n) is 7.75. The van der Waals surface area contributed by atoms with Crippen molar-refractivity contribution >= 4 is 17.8 Å². The summed E-state index contributed by atoms with van der Waals surface area (Å²) in [5.41, 5.74) is 8.85. The van der Waals surface area contributed by atoms with Gasteiger partial charge in [-0.05, 0) is 69.2 Å². The van der Waals surface area contributed by atoms with Gasteiger partial charge in [0.25, 0.3) is 5.91 Å². The third kappa shape index (κ3) is 4.58. The Balaban J connectivity index is 1.28. The van der Waals surface area contributed by atoms with Gasteiger partial charge in [-0.1, -0.05) is 0 Å². The Morgan fingerprint density at radius 3 is 2.13 bits per heavy atom. The van der Waals surface area contributed by atoms with Gasteiger partial charge in [-0.15, -0.1) is 0 Å². The lowest BCUT2D eigenvalue weighted by atomic mass is 9.96. The molecular formula is C23H26N6O2. The molecule has 2 amide bonds. The molecule has 1 saturated heterocycles. The highest BCUT2D eigenvalue weighted by Gasteiger charge is 2.26. The number of aryl methyl sites for hydroxylation is 2. The van der Waals surface area contributed by atoms with E-state index in [0.717, 1.165) is 17.1 Å². The molecule has 1 fully saturated rings. The van der Waals surface area contributed by atoms with E-state index in [2.05, 4.69) is 42.4 Å². The Morgan fingerprint density at radius 1 is 0.903 bits per heavy atom. The molecule has 1 aliphatic heterocycles. The largest absolute Gasteiger partial charge is 0.341 e. The Kier molecular flexibility index (Phi) is 5.97. The van der Waals surface area contributed by atoms with E-state index in [-0.39, 0.29) is 17.7 Å². The maximum Gasteiger partial charge on any atom is 0.269 e. The minimum absolute atomic E-state index is 0.151. The van der Waals surface area contributed by atoms with E-state index in [1.807, 2.05) is 26.0 Å². The van der Waals surface area contributed by atoms with Crippen molar-refractivity contribution in [1.82, 2.24) is 25.4 Å². The summed E-state index contributed by atoms with van der Waals surface area (Å²) in [7, 11) is 0. The van der Waals surface area contributed by atoms with E-state index in [1.165, 1.54) is 0 Å². The predicted molar refractivity (Wildman–Crippen MR) is 118 cm³/mol. The van der Waals surface area contributed by atoms with Gasteiger partial charge in [-0.25, -0.2) is 9.97 Å². The van der Waals surface area contributed by atoms with Crippen molar-refractivity contribution in [3.63, 3.8) is 0 Å². The van der Waals surface area contributed by atoms with Crippen LogP contribution in [0.25, 0.3) is 5.69 Å². The SMILES string of the molecule is Cc1ccc(C)n1-c1ccc(C(=O)NNC(=O)C2CCN(c3ncccn3)CC2)cc1. The lowest BCUT2D eigenvalue weighted by molar-refractivity contribution is -0.126. The molecule has 8 heteroatoms. The molecule has 0 spiro atoms. The summed E-state index contributed by atoms with van der Waals surface area (Å²) < 4.78 is 2.12. The number of piperidine rings is 1. The molecule has 0 unspecified atom stereocenters. The van der Waals surface area contributed by atoms with Gasteiger partial charge in [0.1, 0.15) is 0 Å². The standard InChI is InChI=1S/C23H26N6O2/c1-16-4-5-17(2)29(16)20-8-6-18(7-9-20)21(30)26-27-22(31)19-10-14-28(15-11-19)23-24-12-3-13-25-23/h3-9,12-13,19H,10-11,14-15H2,1-2H3,(H,26,30)(H,27,31). The summed E-state index contributed by atoms with van der Waals surface area (Å²) in [6, 6.07) is 13.2. The zero-order valence-electron chi connectivity index (χ0n) is 17.7. The summed E-state index contributed by atoms with van der Waals surface area (Å²) in [6.45, 7) is 5.49. The number of anilines is 1. The van der Waals surface area contributed by atoms with E-state index in [4.69, 9.17) is 0 Å². The number of rotatable bonds is 4. The van der Waals surface area contributed by atoms with Crippen molar-refractivity contribution in [3.05, 3.63) is 71.8 Å². The molecule has 0 saturated carbocycles. The van der Waals surface area contributed by atoms with Gasteiger partial charge < -0.3 is 9.47 Å². The number of hydrazine groups is 1. The van der Waals surface area contributed by atoms with E-state index in [1.54, 1.807) is 30.6 Å². The first kappa shape index (κ1) is 20.6. The third-order valence-electron chi connectivity index (χ3n) is 5.66. The van der Waals surface area contributed by atoms with Gasteiger partial charge in [0, 0.05) is 54.0 Å². The van der Waals surface area contributed by atoms with Crippen LogP contribution in [-0.2, 0) is 4.79 Å². The number of aromatic nitrogens is 3. The second kappa shape index (κ2) is 8.99.